The van der Waals surface area contributed by atoms with Crippen molar-refractivity contribution in [3.63, 3.8) is 0 Å². The molecule has 11 heteroatoms. The molecule has 0 saturated carbocycles. The molecule has 1 saturated heterocycles. The number of carbonyl (C=O) groups is 1. The van der Waals surface area contributed by atoms with Crippen LogP contribution >= 0.6 is 22.7 Å². The quantitative estimate of drug-likeness (QED) is 0.263. The van der Waals surface area contributed by atoms with Crippen molar-refractivity contribution in [1.82, 2.24) is 13.8 Å². The van der Waals surface area contributed by atoms with E-state index in [2.05, 4.69) is 16.7 Å². The predicted molar refractivity (Wildman–Crippen MR) is 163 cm³/mol. The van der Waals surface area contributed by atoms with Crippen LogP contribution in [-0.2, 0) is 23.0 Å². The first-order valence-electron chi connectivity index (χ1n) is 13.8. The van der Waals surface area contributed by atoms with E-state index in [0.717, 1.165) is 33.7 Å². The molecule has 4 aromatic rings. The van der Waals surface area contributed by atoms with Crippen molar-refractivity contribution in [2.75, 3.05) is 33.3 Å². The second-order valence-corrected chi connectivity index (χ2v) is 14.5. The Bertz CT molecular complexity index is 1660. The summed E-state index contributed by atoms with van der Waals surface area (Å²) in [5.74, 6) is 1.32. The Morgan fingerprint density at radius 2 is 1.73 bits per heavy atom. The lowest BCUT2D eigenvalue weighted by atomic mass is 9.95. The Balaban J connectivity index is 1.37. The summed E-state index contributed by atoms with van der Waals surface area (Å²) in [4.78, 5) is 17.0. The number of aryl methyl sites for hydroxylation is 1. The maximum Gasteiger partial charge on any atom is 0.270 e. The summed E-state index contributed by atoms with van der Waals surface area (Å²) in [5, 5.41) is 3.82. The smallest absolute Gasteiger partial charge is 0.270 e. The minimum atomic E-state index is -3.56. The van der Waals surface area contributed by atoms with Gasteiger partial charge in [0, 0.05) is 48.7 Å². The number of sulfonamides is 1. The summed E-state index contributed by atoms with van der Waals surface area (Å²) in [5.41, 5.74) is 4.85. The lowest BCUT2D eigenvalue weighted by Gasteiger charge is -2.26. The number of hydrogen-bond acceptors (Lipinski definition) is 7. The van der Waals surface area contributed by atoms with Crippen LogP contribution in [0, 0.1) is 0 Å². The minimum absolute atomic E-state index is 0.0162. The molecule has 3 aromatic heterocycles. The molecule has 0 bridgehead atoms. The van der Waals surface area contributed by atoms with Crippen LogP contribution in [0.4, 0.5) is 0 Å². The zero-order valence-electron chi connectivity index (χ0n) is 23.3. The average molecular weight is 612 g/mol. The van der Waals surface area contributed by atoms with Gasteiger partial charge < -0.3 is 18.9 Å². The second kappa shape index (κ2) is 11.3. The summed E-state index contributed by atoms with van der Waals surface area (Å²) in [6.07, 6.45) is 1.32. The highest BCUT2D eigenvalue weighted by atomic mass is 32.2. The van der Waals surface area contributed by atoms with Crippen molar-refractivity contribution >= 4 is 38.6 Å². The number of rotatable bonds is 7. The summed E-state index contributed by atoms with van der Waals surface area (Å²) in [7, 11) is -1.90. The van der Waals surface area contributed by atoms with Gasteiger partial charge in [0.25, 0.3) is 15.9 Å². The molecule has 2 aliphatic rings. The minimum Gasteiger partial charge on any atom is -0.493 e. The number of benzene rings is 1. The molecule has 0 N–H and O–H groups in total. The molecule has 216 valence electrons. The van der Waals surface area contributed by atoms with Gasteiger partial charge in [-0.1, -0.05) is 12.1 Å². The molecule has 8 nitrogen and oxygen atoms in total. The van der Waals surface area contributed by atoms with Crippen LogP contribution < -0.4 is 9.47 Å². The SMILES string of the molecule is COc1cc2c(cc1OC(C)C)-c1c(-c3cccs3)cc(C(=O)N3CCCN(S(=O)(=O)c4cccs4)CC3)n1CC2. The summed E-state index contributed by atoms with van der Waals surface area (Å²) in [6, 6.07) is 13.6. The first kappa shape index (κ1) is 28.0. The third-order valence-electron chi connectivity index (χ3n) is 7.55. The molecule has 0 aliphatic carbocycles. The molecule has 0 unspecified atom stereocenters. The van der Waals surface area contributed by atoms with Crippen LogP contribution in [-0.4, -0.2) is 67.5 Å². The van der Waals surface area contributed by atoms with E-state index in [9.17, 15) is 13.2 Å². The van der Waals surface area contributed by atoms with Crippen LogP contribution in [0.25, 0.3) is 21.7 Å². The van der Waals surface area contributed by atoms with Crippen molar-refractivity contribution in [1.29, 1.82) is 0 Å². The molecular weight excluding hydrogens is 579 g/mol. The molecule has 1 fully saturated rings. The largest absolute Gasteiger partial charge is 0.493 e. The molecule has 41 heavy (non-hydrogen) atoms. The van der Waals surface area contributed by atoms with Gasteiger partial charge in [0.1, 0.15) is 9.90 Å². The Labute approximate surface area is 248 Å². The number of amides is 1. The number of carbonyl (C=O) groups excluding carboxylic acids is 1. The van der Waals surface area contributed by atoms with Gasteiger partial charge in [-0.3, -0.25) is 4.79 Å². The van der Waals surface area contributed by atoms with E-state index in [1.54, 1.807) is 36.0 Å². The van der Waals surface area contributed by atoms with Gasteiger partial charge in [-0.05, 0) is 73.3 Å². The van der Waals surface area contributed by atoms with E-state index in [0.29, 0.717) is 54.0 Å². The van der Waals surface area contributed by atoms with Gasteiger partial charge in [-0.25, -0.2) is 8.42 Å². The molecule has 1 amide bonds. The predicted octanol–water partition coefficient (Wildman–Crippen LogP) is 5.83. The van der Waals surface area contributed by atoms with Crippen LogP contribution in [0.1, 0.15) is 36.3 Å². The molecule has 1 aromatic carbocycles. The zero-order valence-corrected chi connectivity index (χ0v) is 25.8. The van der Waals surface area contributed by atoms with Gasteiger partial charge >= 0.3 is 0 Å². The third kappa shape index (κ3) is 5.20. The normalized spacial score (nSPS) is 15.9. The van der Waals surface area contributed by atoms with Gasteiger partial charge in [0.2, 0.25) is 0 Å². The molecule has 0 spiro atoms. The number of thiophene rings is 2. The molecule has 6 rings (SSSR count). The lowest BCUT2D eigenvalue weighted by Crippen LogP contribution is -2.38. The van der Waals surface area contributed by atoms with Gasteiger partial charge in [0.05, 0.1) is 18.9 Å². The van der Waals surface area contributed by atoms with E-state index in [-0.39, 0.29) is 18.6 Å². The number of aromatic nitrogens is 1. The zero-order chi connectivity index (χ0) is 28.7. The van der Waals surface area contributed by atoms with Gasteiger partial charge in [-0.2, -0.15) is 4.31 Å². The summed E-state index contributed by atoms with van der Waals surface area (Å²) in [6.45, 7) is 6.16. The first-order chi connectivity index (χ1) is 19.8. The monoisotopic (exact) mass is 611 g/mol. The van der Waals surface area contributed by atoms with E-state index >= 15 is 0 Å². The maximum atomic E-state index is 14.1. The van der Waals surface area contributed by atoms with Crippen LogP contribution in [0.2, 0.25) is 0 Å². The van der Waals surface area contributed by atoms with Crippen LogP contribution in [0.3, 0.4) is 0 Å². The average Bonchev–Trinajstić information content (AvgIpc) is 3.71. The fraction of sp³-hybridized carbons (Fsp3) is 0.367. The topological polar surface area (TPSA) is 81.1 Å². The lowest BCUT2D eigenvalue weighted by molar-refractivity contribution is 0.0753. The van der Waals surface area contributed by atoms with E-state index < -0.39 is 10.0 Å². The fourth-order valence-corrected chi connectivity index (χ4v) is 9.03. The third-order valence-corrected chi connectivity index (χ3v) is 11.7. The second-order valence-electron chi connectivity index (χ2n) is 10.5. The highest BCUT2D eigenvalue weighted by Gasteiger charge is 2.33. The van der Waals surface area contributed by atoms with Crippen molar-refractivity contribution in [2.45, 2.75) is 43.5 Å². The highest BCUT2D eigenvalue weighted by Crippen LogP contribution is 2.45. The number of nitrogens with zero attached hydrogens (tertiary/aromatic N) is 3. The number of ether oxygens (including phenoxy) is 2. The van der Waals surface area contributed by atoms with Crippen LogP contribution in [0.15, 0.2) is 57.4 Å². The molecule has 0 radical (unpaired) electrons. The van der Waals surface area contributed by atoms with Crippen molar-refractivity contribution in [3.8, 4) is 33.2 Å². The number of fused-ring (bicyclic) bond motifs is 3. The molecule has 5 heterocycles. The molecule has 2 aliphatic heterocycles. The Hall–Kier alpha value is -3.12. The Kier molecular flexibility index (Phi) is 7.71. The van der Waals surface area contributed by atoms with Gasteiger partial charge in [0.15, 0.2) is 11.5 Å². The Morgan fingerprint density at radius 3 is 2.44 bits per heavy atom. The number of methoxy groups -OCH3 is 1. The standard InChI is InChI=1S/C30H33N3O5S3/c1-20(2)38-26-19-22-21(17-25(26)37-3)9-12-33-24(18-23(29(22)33)27-7-4-15-39-27)30(34)31-10-6-11-32(14-13-31)41(35,36)28-8-5-16-40-28/h4-5,7-8,15-20H,6,9-14H2,1-3H3. The van der Waals surface area contributed by atoms with E-state index in [1.165, 1.54) is 15.6 Å². The van der Waals surface area contributed by atoms with Crippen LogP contribution in [0.5, 0.6) is 11.5 Å². The molecular formula is C30H33N3O5S3. The van der Waals surface area contributed by atoms with E-state index in [4.69, 9.17) is 9.47 Å². The fourth-order valence-electron chi connectivity index (χ4n) is 5.67. The summed E-state index contributed by atoms with van der Waals surface area (Å²) >= 11 is 2.87. The maximum absolute atomic E-state index is 14.1. The Morgan fingerprint density at radius 1 is 0.927 bits per heavy atom. The first-order valence-corrected chi connectivity index (χ1v) is 17.0. The summed E-state index contributed by atoms with van der Waals surface area (Å²) < 4.78 is 42.0. The number of hydrogen-bond donors (Lipinski definition) is 0. The van der Waals surface area contributed by atoms with Gasteiger partial charge in [-0.15, -0.1) is 22.7 Å². The van der Waals surface area contributed by atoms with Crippen molar-refractivity contribution in [2.24, 2.45) is 0 Å². The van der Waals surface area contributed by atoms with Crippen molar-refractivity contribution < 1.29 is 22.7 Å². The van der Waals surface area contributed by atoms with Crippen molar-refractivity contribution in [3.05, 3.63) is 64.5 Å². The van der Waals surface area contributed by atoms with E-state index in [1.807, 2.05) is 42.3 Å². The molecule has 0 atom stereocenters. The highest BCUT2D eigenvalue weighted by molar-refractivity contribution is 7.91.